The van der Waals surface area contributed by atoms with Gasteiger partial charge in [-0.2, -0.15) is 0 Å². The molecule has 2 aromatic rings. The Morgan fingerprint density at radius 2 is 2.20 bits per heavy atom. The first kappa shape index (κ1) is 9.34. The van der Waals surface area contributed by atoms with Crippen LogP contribution in [0.25, 0.3) is 11.0 Å². The number of aromatic nitrogens is 2. The fourth-order valence-corrected chi connectivity index (χ4v) is 1.40. The van der Waals surface area contributed by atoms with Gasteiger partial charge >= 0.3 is 0 Å². The number of fused-ring (bicyclic) bond motifs is 1. The fourth-order valence-electron chi connectivity index (χ4n) is 1.40. The lowest BCUT2D eigenvalue weighted by Crippen LogP contribution is -2.17. The summed E-state index contributed by atoms with van der Waals surface area (Å²) in [6.45, 7) is 0.492. The summed E-state index contributed by atoms with van der Waals surface area (Å²) in [6.07, 6.45) is 5.24. The lowest BCUT2D eigenvalue weighted by molar-refractivity contribution is 0.315. The molecule has 0 amide bonds. The molecule has 76 valence electrons. The standard InChI is InChI=1S/C10H10N4O/c1-3-6-14(2)8-5-4-7(11)9-10(8)13-15-12-9/h1,4-5H,6,11H2,2H3. The topological polar surface area (TPSA) is 68.2 Å². The molecule has 0 bridgehead atoms. The van der Waals surface area contributed by atoms with E-state index < -0.39 is 0 Å². The highest BCUT2D eigenvalue weighted by atomic mass is 16.6. The van der Waals surface area contributed by atoms with E-state index in [0.29, 0.717) is 23.3 Å². The van der Waals surface area contributed by atoms with E-state index in [1.54, 1.807) is 6.07 Å². The summed E-state index contributed by atoms with van der Waals surface area (Å²) in [6, 6.07) is 3.61. The number of anilines is 2. The smallest absolute Gasteiger partial charge is 0.160 e. The van der Waals surface area contributed by atoms with Crippen LogP contribution in [-0.4, -0.2) is 23.9 Å². The number of terminal acetylenes is 1. The third kappa shape index (κ3) is 1.46. The Morgan fingerprint density at radius 1 is 1.47 bits per heavy atom. The molecule has 0 unspecified atom stereocenters. The van der Waals surface area contributed by atoms with Crippen molar-refractivity contribution in [3.05, 3.63) is 12.1 Å². The number of benzene rings is 1. The average molecular weight is 202 g/mol. The number of nitrogen functional groups attached to an aromatic ring is 1. The summed E-state index contributed by atoms with van der Waals surface area (Å²) in [5.74, 6) is 2.55. The first-order valence-electron chi connectivity index (χ1n) is 4.39. The lowest BCUT2D eigenvalue weighted by Gasteiger charge is -2.15. The van der Waals surface area contributed by atoms with Crippen LogP contribution in [0.3, 0.4) is 0 Å². The summed E-state index contributed by atoms with van der Waals surface area (Å²) in [5.41, 5.74) is 8.33. The first-order chi connectivity index (χ1) is 7.24. The molecule has 0 radical (unpaired) electrons. The monoisotopic (exact) mass is 202 g/mol. The van der Waals surface area contributed by atoms with Crippen molar-refractivity contribution in [3.63, 3.8) is 0 Å². The maximum Gasteiger partial charge on any atom is 0.160 e. The van der Waals surface area contributed by atoms with Gasteiger partial charge in [-0.3, -0.25) is 0 Å². The molecule has 5 heteroatoms. The van der Waals surface area contributed by atoms with Gasteiger partial charge in [0.15, 0.2) is 11.0 Å². The minimum absolute atomic E-state index is 0.492. The molecule has 1 aromatic heterocycles. The van der Waals surface area contributed by atoms with E-state index in [1.807, 2.05) is 18.0 Å². The van der Waals surface area contributed by atoms with Crippen LogP contribution in [0.1, 0.15) is 0 Å². The Kier molecular flexibility index (Phi) is 2.18. The summed E-state index contributed by atoms with van der Waals surface area (Å²) in [4.78, 5) is 1.88. The molecule has 0 aliphatic heterocycles. The van der Waals surface area contributed by atoms with E-state index in [0.717, 1.165) is 5.69 Å². The molecule has 2 rings (SSSR count). The molecular formula is C10H10N4O. The second kappa shape index (κ2) is 3.50. The van der Waals surface area contributed by atoms with Gasteiger partial charge in [-0.15, -0.1) is 6.42 Å². The fraction of sp³-hybridized carbons (Fsp3) is 0.200. The van der Waals surface area contributed by atoms with Gasteiger partial charge in [0.05, 0.1) is 17.9 Å². The summed E-state index contributed by atoms with van der Waals surface area (Å²) < 4.78 is 4.66. The highest BCUT2D eigenvalue weighted by Crippen LogP contribution is 2.27. The van der Waals surface area contributed by atoms with Crippen molar-refractivity contribution in [2.45, 2.75) is 0 Å². The van der Waals surface area contributed by atoms with Crippen LogP contribution in [-0.2, 0) is 0 Å². The SMILES string of the molecule is C#CCN(C)c1ccc(N)c2nonc12. The molecule has 0 atom stereocenters. The van der Waals surface area contributed by atoms with Gasteiger partial charge in [-0.1, -0.05) is 5.92 Å². The van der Waals surface area contributed by atoms with E-state index in [-0.39, 0.29) is 0 Å². The first-order valence-corrected chi connectivity index (χ1v) is 4.39. The molecule has 1 heterocycles. The number of hydrogen-bond acceptors (Lipinski definition) is 5. The van der Waals surface area contributed by atoms with Gasteiger partial charge < -0.3 is 10.6 Å². The van der Waals surface area contributed by atoms with Crippen LogP contribution in [0.15, 0.2) is 16.8 Å². The maximum absolute atomic E-state index is 5.72. The number of nitrogens with two attached hydrogens (primary N) is 1. The minimum Gasteiger partial charge on any atom is -0.397 e. The van der Waals surface area contributed by atoms with Crippen LogP contribution in [0.4, 0.5) is 11.4 Å². The van der Waals surface area contributed by atoms with Crippen molar-refractivity contribution in [2.24, 2.45) is 0 Å². The Balaban J connectivity index is 2.58. The highest BCUT2D eigenvalue weighted by molar-refractivity contribution is 5.95. The summed E-state index contributed by atoms with van der Waals surface area (Å²) in [7, 11) is 1.87. The van der Waals surface area contributed by atoms with Gasteiger partial charge in [0, 0.05) is 7.05 Å². The predicted octanol–water partition coefficient (Wildman–Crippen LogP) is 0.874. The Labute approximate surface area is 86.8 Å². The van der Waals surface area contributed by atoms with Gasteiger partial charge in [0.2, 0.25) is 0 Å². The normalized spacial score (nSPS) is 10.1. The summed E-state index contributed by atoms with van der Waals surface area (Å²) in [5, 5.41) is 7.54. The van der Waals surface area contributed by atoms with Crippen molar-refractivity contribution < 1.29 is 4.63 Å². The zero-order chi connectivity index (χ0) is 10.8. The number of hydrogen-bond donors (Lipinski definition) is 1. The van der Waals surface area contributed by atoms with Crippen LogP contribution in [0.2, 0.25) is 0 Å². The predicted molar refractivity (Wildman–Crippen MR) is 58.3 cm³/mol. The Hall–Kier alpha value is -2.22. The quantitative estimate of drug-likeness (QED) is 0.578. The molecule has 0 saturated carbocycles. The Morgan fingerprint density at radius 3 is 2.93 bits per heavy atom. The highest BCUT2D eigenvalue weighted by Gasteiger charge is 2.12. The maximum atomic E-state index is 5.72. The third-order valence-electron chi connectivity index (χ3n) is 2.17. The van der Waals surface area contributed by atoms with E-state index in [1.165, 1.54) is 0 Å². The van der Waals surface area contributed by atoms with Crippen molar-refractivity contribution in [1.82, 2.24) is 10.3 Å². The van der Waals surface area contributed by atoms with Gasteiger partial charge in [0.1, 0.15) is 0 Å². The molecular weight excluding hydrogens is 192 g/mol. The van der Waals surface area contributed by atoms with E-state index >= 15 is 0 Å². The lowest BCUT2D eigenvalue weighted by atomic mass is 10.2. The molecule has 0 fully saturated rings. The second-order valence-corrected chi connectivity index (χ2v) is 3.20. The summed E-state index contributed by atoms with van der Waals surface area (Å²) >= 11 is 0. The average Bonchev–Trinajstić information content (AvgIpc) is 2.68. The number of rotatable bonds is 2. The van der Waals surface area contributed by atoms with Crippen LogP contribution in [0, 0.1) is 12.3 Å². The molecule has 0 aliphatic carbocycles. The third-order valence-corrected chi connectivity index (χ3v) is 2.17. The zero-order valence-corrected chi connectivity index (χ0v) is 8.27. The van der Waals surface area contributed by atoms with Crippen molar-refractivity contribution in [2.75, 3.05) is 24.2 Å². The minimum atomic E-state index is 0.492. The van der Waals surface area contributed by atoms with Gasteiger partial charge in [-0.25, -0.2) is 4.63 Å². The van der Waals surface area contributed by atoms with Gasteiger partial charge in [-0.05, 0) is 22.4 Å². The molecule has 2 N–H and O–H groups in total. The second-order valence-electron chi connectivity index (χ2n) is 3.20. The van der Waals surface area contributed by atoms with E-state index in [9.17, 15) is 0 Å². The molecule has 0 saturated heterocycles. The van der Waals surface area contributed by atoms with Crippen LogP contribution >= 0.6 is 0 Å². The molecule has 1 aromatic carbocycles. The molecule has 15 heavy (non-hydrogen) atoms. The van der Waals surface area contributed by atoms with Crippen molar-refractivity contribution >= 4 is 22.4 Å². The van der Waals surface area contributed by atoms with E-state index in [4.69, 9.17) is 12.2 Å². The van der Waals surface area contributed by atoms with Gasteiger partial charge in [0.25, 0.3) is 0 Å². The molecule has 0 aliphatic rings. The number of nitrogens with zero attached hydrogens (tertiary/aromatic N) is 3. The molecule has 5 nitrogen and oxygen atoms in total. The van der Waals surface area contributed by atoms with Crippen molar-refractivity contribution in [3.8, 4) is 12.3 Å². The van der Waals surface area contributed by atoms with Crippen molar-refractivity contribution in [1.29, 1.82) is 0 Å². The Bertz CT molecular complexity index is 526. The van der Waals surface area contributed by atoms with Crippen LogP contribution in [0.5, 0.6) is 0 Å². The largest absolute Gasteiger partial charge is 0.397 e. The van der Waals surface area contributed by atoms with Crippen LogP contribution < -0.4 is 10.6 Å². The molecule has 0 spiro atoms. The zero-order valence-electron chi connectivity index (χ0n) is 8.27. The van der Waals surface area contributed by atoms with E-state index in [2.05, 4.69) is 20.9 Å².